The highest BCUT2D eigenvalue weighted by molar-refractivity contribution is 5.92. The van der Waals surface area contributed by atoms with Gasteiger partial charge in [0.05, 0.1) is 0 Å². The molecule has 1 heterocycles. The summed E-state index contributed by atoms with van der Waals surface area (Å²) in [7, 11) is 0. The highest BCUT2D eigenvalue weighted by Crippen LogP contribution is 2.12. The molecular formula is C14H13NO4. The summed E-state index contributed by atoms with van der Waals surface area (Å²) in [5.74, 6) is -1.26. The zero-order valence-electron chi connectivity index (χ0n) is 10.4. The zero-order chi connectivity index (χ0) is 14.0. The molecule has 0 aliphatic carbocycles. The van der Waals surface area contributed by atoms with Crippen LogP contribution in [-0.2, 0) is 11.3 Å². The van der Waals surface area contributed by atoms with Crippen molar-refractivity contribution in [3.63, 3.8) is 0 Å². The van der Waals surface area contributed by atoms with Crippen LogP contribution in [0.1, 0.15) is 23.8 Å². The summed E-state index contributed by atoms with van der Waals surface area (Å²) in [5.41, 5.74) is -0.471. The average Bonchev–Trinajstić information content (AvgIpc) is 2.37. The smallest absolute Gasteiger partial charge is 0.352 e. The van der Waals surface area contributed by atoms with E-state index < -0.39 is 5.97 Å². The Morgan fingerprint density at radius 1 is 1.26 bits per heavy atom. The monoisotopic (exact) mass is 259 g/mol. The second kappa shape index (κ2) is 5.06. The van der Waals surface area contributed by atoms with Crippen LogP contribution in [0.15, 0.2) is 35.1 Å². The van der Waals surface area contributed by atoms with Gasteiger partial charge in [-0.2, -0.15) is 0 Å². The topological polar surface area (TPSA) is 76.4 Å². The van der Waals surface area contributed by atoms with E-state index in [0.717, 1.165) is 4.57 Å². The molecule has 0 aliphatic rings. The maximum atomic E-state index is 12.3. The molecule has 0 unspecified atom stereocenters. The second-order valence-corrected chi connectivity index (χ2v) is 4.33. The van der Waals surface area contributed by atoms with Gasteiger partial charge in [0.25, 0.3) is 5.56 Å². The minimum absolute atomic E-state index is 0.0840. The Bertz CT molecular complexity index is 715. The van der Waals surface area contributed by atoms with Crippen LogP contribution in [0.25, 0.3) is 10.8 Å². The van der Waals surface area contributed by atoms with Crippen molar-refractivity contribution in [2.45, 2.75) is 19.9 Å². The van der Waals surface area contributed by atoms with Gasteiger partial charge in [0.2, 0.25) is 0 Å². The zero-order valence-corrected chi connectivity index (χ0v) is 10.4. The van der Waals surface area contributed by atoms with E-state index in [2.05, 4.69) is 0 Å². The normalized spacial score (nSPS) is 10.6. The van der Waals surface area contributed by atoms with Crippen LogP contribution in [0, 0.1) is 0 Å². The Morgan fingerprint density at radius 2 is 1.95 bits per heavy atom. The summed E-state index contributed by atoms with van der Waals surface area (Å²) in [6.07, 6.45) is 0.137. The van der Waals surface area contributed by atoms with Crippen LogP contribution in [0.3, 0.4) is 0 Å². The molecule has 0 saturated heterocycles. The molecule has 0 aliphatic heterocycles. The first-order valence-corrected chi connectivity index (χ1v) is 5.86. The number of carbonyl (C=O) groups is 2. The number of carboxylic acid groups (broad SMARTS) is 1. The van der Waals surface area contributed by atoms with E-state index in [-0.39, 0.29) is 30.0 Å². The quantitative estimate of drug-likeness (QED) is 0.906. The number of hydrogen-bond acceptors (Lipinski definition) is 3. The third kappa shape index (κ3) is 2.54. The van der Waals surface area contributed by atoms with Crippen molar-refractivity contribution >= 4 is 22.5 Å². The maximum absolute atomic E-state index is 12.3. The van der Waals surface area contributed by atoms with Crippen molar-refractivity contribution in [2.24, 2.45) is 0 Å². The number of hydrogen-bond donors (Lipinski definition) is 1. The van der Waals surface area contributed by atoms with Crippen LogP contribution < -0.4 is 5.56 Å². The van der Waals surface area contributed by atoms with Crippen LogP contribution in [0.2, 0.25) is 0 Å². The van der Waals surface area contributed by atoms with Crippen molar-refractivity contribution in [3.8, 4) is 0 Å². The summed E-state index contributed by atoms with van der Waals surface area (Å²) < 4.78 is 1.14. The molecule has 0 bridgehead atoms. The minimum Gasteiger partial charge on any atom is -0.477 e. The van der Waals surface area contributed by atoms with Crippen molar-refractivity contribution in [1.29, 1.82) is 0 Å². The fraction of sp³-hybridized carbons (Fsp3) is 0.214. The number of ketones is 1. The molecule has 0 amide bonds. The predicted molar refractivity (Wildman–Crippen MR) is 70.5 cm³/mol. The number of benzene rings is 1. The largest absolute Gasteiger partial charge is 0.477 e. The molecule has 2 rings (SSSR count). The standard InChI is InChI=1S/C14H13NO4/c1-9(16)6-7-15-12(14(18)19)8-10-4-2-3-5-11(10)13(15)17/h2-5,8H,6-7H2,1H3,(H,18,19). The van der Waals surface area contributed by atoms with E-state index in [4.69, 9.17) is 0 Å². The molecule has 0 saturated carbocycles. The summed E-state index contributed by atoms with van der Waals surface area (Å²) in [5, 5.41) is 10.2. The number of nitrogens with zero attached hydrogens (tertiary/aromatic N) is 1. The SMILES string of the molecule is CC(=O)CCn1c(C(=O)O)cc2ccccc2c1=O. The highest BCUT2D eigenvalue weighted by atomic mass is 16.4. The lowest BCUT2D eigenvalue weighted by Gasteiger charge is -2.10. The molecule has 1 aromatic carbocycles. The first kappa shape index (κ1) is 13.0. The van der Waals surface area contributed by atoms with Gasteiger partial charge in [-0.1, -0.05) is 18.2 Å². The van der Waals surface area contributed by atoms with E-state index in [1.54, 1.807) is 24.3 Å². The molecule has 1 N–H and O–H groups in total. The van der Waals surface area contributed by atoms with E-state index in [9.17, 15) is 19.5 Å². The van der Waals surface area contributed by atoms with Gasteiger partial charge in [0, 0.05) is 18.4 Å². The first-order chi connectivity index (χ1) is 9.00. The summed E-state index contributed by atoms with van der Waals surface area (Å²) in [6.45, 7) is 1.49. The lowest BCUT2D eigenvalue weighted by molar-refractivity contribution is -0.117. The Morgan fingerprint density at radius 3 is 2.58 bits per heavy atom. The fourth-order valence-electron chi connectivity index (χ4n) is 1.97. The minimum atomic E-state index is -1.17. The molecule has 0 fully saturated rings. The van der Waals surface area contributed by atoms with E-state index >= 15 is 0 Å². The molecule has 5 nitrogen and oxygen atoms in total. The number of Topliss-reactive ketones (excluding diaryl/α,β-unsaturated/α-hetero) is 1. The third-order valence-electron chi connectivity index (χ3n) is 2.93. The first-order valence-electron chi connectivity index (χ1n) is 5.86. The van der Waals surface area contributed by atoms with Gasteiger partial charge in [0.15, 0.2) is 0 Å². The lowest BCUT2D eigenvalue weighted by Crippen LogP contribution is -2.27. The summed E-state index contributed by atoms with van der Waals surface area (Å²) in [6, 6.07) is 8.26. The molecule has 0 spiro atoms. The number of aromatic nitrogens is 1. The Hall–Kier alpha value is -2.43. The Kier molecular flexibility index (Phi) is 3.46. The van der Waals surface area contributed by atoms with Gasteiger partial charge >= 0.3 is 5.97 Å². The molecule has 0 radical (unpaired) electrons. The second-order valence-electron chi connectivity index (χ2n) is 4.33. The molecule has 0 atom stereocenters. The van der Waals surface area contributed by atoms with Gasteiger partial charge in [-0.25, -0.2) is 4.79 Å². The molecule has 1 aromatic heterocycles. The van der Waals surface area contributed by atoms with E-state index in [1.165, 1.54) is 13.0 Å². The number of rotatable bonds is 4. The molecule has 5 heteroatoms. The number of carbonyl (C=O) groups excluding carboxylic acids is 1. The number of aromatic carboxylic acids is 1. The van der Waals surface area contributed by atoms with Gasteiger partial charge in [-0.05, 0) is 24.4 Å². The predicted octanol–water partition coefficient (Wildman–Crippen LogP) is 1.68. The van der Waals surface area contributed by atoms with Crippen LogP contribution in [0.4, 0.5) is 0 Å². The molecule has 2 aromatic rings. The highest BCUT2D eigenvalue weighted by Gasteiger charge is 2.14. The number of fused-ring (bicyclic) bond motifs is 1. The molecule has 19 heavy (non-hydrogen) atoms. The van der Waals surface area contributed by atoms with Gasteiger partial charge in [-0.15, -0.1) is 0 Å². The Balaban J connectivity index is 2.67. The van der Waals surface area contributed by atoms with Crippen molar-refractivity contribution in [1.82, 2.24) is 4.57 Å². The van der Waals surface area contributed by atoms with Gasteiger partial charge in [0.1, 0.15) is 11.5 Å². The summed E-state index contributed by atoms with van der Waals surface area (Å²) >= 11 is 0. The molecule has 98 valence electrons. The van der Waals surface area contributed by atoms with E-state index in [0.29, 0.717) is 10.8 Å². The van der Waals surface area contributed by atoms with Crippen molar-refractivity contribution in [2.75, 3.05) is 0 Å². The summed E-state index contributed by atoms with van der Waals surface area (Å²) in [4.78, 5) is 34.5. The third-order valence-corrected chi connectivity index (χ3v) is 2.93. The van der Waals surface area contributed by atoms with Crippen molar-refractivity contribution < 1.29 is 14.7 Å². The van der Waals surface area contributed by atoms with Gasteiger partial charge < -0.3 is 9.67 Å². The average molecular weight is 259 g/mol. The van der Waals surface area contributed by atoms with Crippen LogP contribution in [-0.4, -0.2) is 21.4 Å². The lowest BCUT2D eigenvalue weighted by atomic mass is 10.1. The molecular weight excluding hydrogens is 246 g/mol. The number of pyridine rings is 1. The van der Waals surface area contributed by atoms with Crippen molar-refractivity contribution in [3.05, 3.63) is 46.4 Å². The fourth-order valence-corrected chi connectivity index (χ4v) is 1.97. The number of carboxylic acids is 1. The van der Waals surface area contributed by atoms with Crippen LogP contribution in [0.5, 0.6) is 0 Å². The Labute approximate surface area is 109 Å². The van der Waals surface area contributed by atoms with E-state index in [1.807, 2.05) is 0 Å². The maximum Gasteiger partial charge on any atom is 0.352 e. The van der Waals surface area contributed by atoms with Gasteiger partial charge in [-0.3, -0.25) is 9.59 Å². The van der Waals surface area contributed by atoms with Crippen LogP contribution >= 0.6 is 0 Å².